The zero-order valence-corrected chi connectivity index (χ0v) is 15.0. The highest BCUT2D eigenvalue weighted by molar-refractivity contribution is 7.12. The molecule has 0 spiro atoms. The molecule has 2 aromatic rings. The number of ether oxygens (including phenoxy) is 1. The van der Waals surface area contributed by atoms with Crippen molar-refractivity contribution in [1.29, 1.82) is 0 Å². The molecule has 1 fully saturated rings. The number of rotatable bonds is 6. The number of nitrogens with one attached hydrogen (secondary N) is 2. The molecule has 0 radical (unpaired) electrons. The van der Waals surface area contributed by atoms with Crippen LogP contribution in [-0.4, -0.2) is 30.4 Å². The molecule has 2 amide bonds. The van der Waals surface area contributed by atoms with Crippen molar-refractivity contribution in [3.05, 3.63) is 52.2 Å². The van der Waals surface area contributed by atoms with E-state index in [4.69, 9.17) is 4.74 Å². The van der Waals surface area contributed by atoms with Crippen LogP contribution in [0.25, 0.3) is 0 Å². The molecule has 1 heterocycles. The Labute approximate surface area is 155 Å². The molecule has 26 heavy (non-hydrogen) atoms. The van der Waals surface area contributed by atoms with Crippen molar-refractivity contribution in [3.63, 3.8) is 0 Å². The third-order valence-electron chi connectivity index (χ3n) is 4.19. The molecule has 6 nitrogen and oxygen atoms in total. The molecular formula is C19H20N2O4S. The van der Waals surface area contributed by atoms with E-state index in [1.54, 1.807) is 41.8 Å². The van der Waals surface area contributed by atoms with Crippen molar-refractivity contribution in [2.45, 2.75) is 31.7 Å². The molecule has 0 unspecified atom stereocenters. The minimum Gasteiger partial charge on any atom is -0.452 e. The van der Waals surface area contributed by atoms with E-state index in [0.717, 1.165) is 25.7 Å². The lowest BCUT2D eigenvalue weighted by molar-refractivity contribution is -0.124. The van der Waals surface area contributed by atoms with Crippen LogP contribution in [0.4, 0.5) is 5.69 Å². The second-order valence-corrected chi connectivity index (χ2v) is 7.05. The summed E-state index contributed by atoms with van der Waals surface area (Å²) in [6, 6.07) is 10.2. The van der Waals surface area contributed by atoms with Gasteiger partial charge in [0.1, 0.15) is 0 Å². The minimum atomic E-state index is -0.645. The van der Waals surface area contributed by atoms with Crippen LogP contribution in [-0.2, 0) is 9.53 Å². The van der Waals surface area contributed by atoms with Gasteiger partial charge in [-0.1, -0.05) is 31.0 Å². The Hall–Kier alpha value is -2.67. The Morgan fingerprint density at radius 3 is 2.58 bits per heavy atom. The van der Waals surface area contributed by atoms with Crippen molar-refractivity contribution in [2.75, 3.05) is 11.9 Å². The predicted octanol–water partition coefficient (Wildman–Crippen LogP) is 3.22. The fourth-order valence-electron chi connectivity index (χ4n) is 2.91. The molecule has 7 heteroatoms. The van der Waals surface area contributed by atoms with Crippen LogP contribution in [0.3, 0.4) is 0 Å². The van der Waals surface area contributed by atoms with E-state index in [0.29, 0.717) is 10.6 Å². The summed E-state index contributed by atoms with van der Waals surface area (Å²) in [6.07, 6.45) is 4.17. The van der Waals surface area contributed by atoms with Gasteiger partial charge in [0, 0.05) is 6.04 Å². The van der Waals surface area contributed by atoms with E-state index in [-0.39, 0.29) is 30.0 Å². The van der Waals surface area contributed by atoms with E-state index < -0.39 is 5.97 Å². The third-order valence-corrected chi connectivity index (χ3v) is 5.06. The van der Waals surface area contributed by atoms with Gasteiger partial charge in [-0.25, -0.2) is 4.79 Å². The molecule has 1 aliphatic carbocycles. The number of esters is 1. The molecule has 1 saturated carbocycles. The fourth-order valence-corrected chi connectivity index (χ4v) is 3.53. The van der Waals surface area contributed by atoms with Crippen molar-refractivity contribution in [2.24, 2.45) is 0 Å². The zero-order valence-electron chi connectivity index (χ0n) is 14.2. The molecule has 136 valence electrons. The predicted molar refractivity (Wildman–Crippen MR) is 99.4 cm³/mol. The van der Waals surface area contributed by atoms with E-state index >= 15 is 0 Å². The Kier molecular flexibility index (Phi) is 6.01. The molecule has 1 aliphatic rings. The Morgan fingerprint density at radius 1 is 1.08 bits per heavy atom. The summed E-state index contributed by atoms with van der Waals surface area (Å²) in [6.45, 7) is -0.331. The average Bonchev–Trinajstić information content (AvgIpc) is 3.34. The van der Waals surface area contributed by atoms with Crippen LogP contribution in [0.15, 0.2) is 41.8 Å². The lowest BCUT2D eigenvalue weighted by Crippen LogP contribution is -2.36. The lowest BCUT2D eigenvalue weighted by atomic mass is 10.1. The van der Waals surface area contributed by atoms with Crippen LogP contribution in [0.2, 0.25) is 0 Å². The maximum absolute atomic E-state index is 12.3. The fraction of sp³-hybridized carbons (Fsp3) is 0.316. The summed E-state index contributed by atoms with van der Waals surface area (Å²) < 4.78 is 5.11. The number of para-hydroxylation sites is 1. The van der Waals surface area contributed by atoms with Gasteiger partial charge in [0.2, 0.25) is 0 Å². The summed E-state index contributed by atoms with van der Waals surface area (Å²) in [7, 11) is 0. The number of benzene rings is 1. The molecule has 0 saturated heterocycles. The van der Waals surface area contributed by atoms with Gasteiger partial charge in [-0.2, -0.15) is 0 Å². The first-order valence-electron chi connectivity index (χ1n) is 8.54. The monoisotopic (exact) mass is 372 g/mol. The second-order valence-electron chi connectivity index (χ2n) is 6.10. The first kappa shape index (κ1) is 18.1. The number of thiophene rings is 1. The highest BCUT2D eigenvalue weighted by Gasteiger charge is 2.19. The Morgan fingerprint density at radius 2 is 1.85 bits per heavy atom. The summed E-state index contributed by atoms with van der Waals surface area (Å²) in [4.78, 5) is 37.0. The van der Waals surface area contributed by atoms with E-state index in [2.05, 4.69) is 10.6 Å². The quantitative estimate of drug-likeness (QED) is 0.763. The highest BCUT2D eigenvalue weighted by Crippen LogP contribution is 2.19. The van der Waals surface area contributed by atoms with Crippen molar-refractivity contribution >= 4 is 34.8 Å². The van der Waals surface area contributed by atoms with Crippen LogP contribution < -0.4 is 10.6 Å². The maximum atomic E-state index is 12.3. The zero-order chi connectivity index (χ0) is 18.4. The third kappa shape index (κ3) is 4.70. The van der Waals surface area contributed by atoms with Crippen molar-refractivity contribution < 1.29 is 19.1 Å². The van der Waals surface area contributed by atoms with Gasteiger partial charge in [0.05, 0.1) is 16.1 Å². The first-order chi connectivity index (χ1) is 12.6. The van der Waals surface area contributed by atoms with E-state index in [9.17, 15) is 14.4 Å². The van der Waals surface area contributed by atoms with Gasteiger partial charge in [0.15, 0.2) is 6.61 Å². The highest BCUT2D eigenvalue weighted by atomic mass is 32.1. The minimum absolute atomic E-state index is 0.179. The van der Waals surface area contributed by atoms with Gasteiger partial charge < -0.3 is 15.4 Å². The van der Waals surface area contributed by atoms with E-state index in [1.165, 1.54) is 11.3 Å². The Bertz CT molecular complexity index is 783. The average molecular weight is 372 g/mol. The molecule has 0 bridgehead atoms. The number of carbonyl (C=O) groups is 3. The molecule has 0 aliphatic heterocycles. The second kappa shape index (κ2) is 8.62. The van der Waals surface area contributed by atoms with Gasteiger partial charge in [-0.3, -0.25) is 9.59 Å². The van der Waals surface area contributed by atoms with E-state index in [1.807, 2.05) is 0 Å². The number of amides is 2. The van der Waals surface area contributed by atoms with Crippen molar-refractivity contribution in [1.82, 2.24) is 5.32 Å². The van der Waals surface area contributed by atoms with Gasteiger partial charge in [-0.05, 0) is 36.4 Å². The summed E-state index contributed by atoms with van der Waals surface area (Å²) in [5.41, 5.74) is 0.568. The standard InChI is InChI=1S/C19H20N2O4S/c22-17(20-13-6-1-2-7-13)12-25-19(24)14-8-3-4-9-15(14)21-18(23)16-10-5-11-26-16/h3-5,8-11,13H,1-2,6-7,12H2,(H,20,22)(H,21,23). The molecule has 1 aromatic carbocycles. The first-order valence-corrected chi connectivity index (χ1v) is 9.42. The van der Waals surface area contributed by atoms with Crippen LogP contribution in [0.1, 0.15) is 45.7 Å². The van der Waals surface area contributed by atoms with Crippen LogP contribution in [0, 0.1) is 0 Å². The lowest BCUT2D eigenvalue weighted by Gasteiger charge is -2.13. The van der Waals surface area contributed by atoms with Gasteiger partial charge in [0.25, 0.3) is 11.8 Å². The topological polar surface area (TPSA) is 84.5 Å². The Balaban J connectivity index is 1.58. The molecule has 3 rings (SSSR count). The maximum Gasteiger partial charge on any atom is 0.340 e. The number of carbonyl (C=O) groups excluding carboxylic acids is 3. The van der Waals surface area contributed by atoms with Crippen molar-refractivity contribution in [3.8, 4) is 0 Å². The summed E-state index contributed by atoms with van der Waals surface area (Å²) in [5, 5.41) is 7.38. The van der Waals surface area contributed by atoms with Gasteiger partial charge in [-0.15, -0.1) is 11.3 Å². The van der Waals surface area contributed by atoms with Crippen LogP contribution in [0.5, 0.6) is 0 Å². The normalized spacial score (nSPS) is 14.0. The molecule has 0 atom stereocenters. The number of hydrogen-bond acceptors (Lipinski definition) is 5. The molecule has 1 aromatic heterocycles. The number of hydrogen-bond donors (Lipinski definition) is 2. The smallest absolute Gasteiger partial charge is 0.340 e. The summed E-state index contributed by atoms with van der Waals surface area (Å²) in [5.74, 6) is -1.24. The summed E-state index contributed by atoms with van der Waals surface area (Å²) >= 11 is 1.31. The number of anilines is 1. The molecular weight excluding hydrogens is 352 g/mol. The largest absolute Gasteiger partial charge is 0.452 e. The SMILES string of the molecule is O=C(COC(=O)c1ccccc1NC(=O)c1cccs1)NC1CCCC1. The van der Waals surface area contributed by atoms with Gasteiger partial charge >= 0.3 is 5.97 Å². The molecule has 2 N–H and O–H groups in total. The van der Waals surface area contributed by atoms with Crippen LogP contribution >= 0.6 is 11.3 Å².